The molecule has 0 aliphatic carbocycles. The third-order valence-electron chi connectivity index (χ3n) is 0. The topological polar surface area (TPSA) is 28.5 Å². The molecule has 0 saturated heterocycles. The van der Waals surface area contributed by atoms with E-state index in [0.717, 1.165) is 0 Å². The van der Waals surface area contributed by atoms with Crippen LogP contribution in [0.3, 0.4) is 0 Å². The molecule has 0 saturated carbocycles. The van der Waals surface area contributed by atoms with Gasteiger partial charge >= 0.3 is 47.8 Å². The second-order valence-electron chi connectivity index (χ2n) is 0. The molecule has 0 spiro atoms. The zero-order chi connectivity index (χ0) is 0. The SMILES string of the molecule is [O-2].[S-2].[Sn+2].[Sn+2]. The van der Waals surface area contributed by atoms with Gasteiger partial charge in [0, 0.05) is 0 Å². The molecule has 0 atom stereocenters. The Morgan fingerprint density at radius 3 is 0.750 bits per heavy atom. The van der Waals surface area contributed by atoms with Crippen LogP contribution in [-0.2, 0) is 19.0 Å². The fraction of sp³-hybridized carbons (Fsp3) is 0. The van der Waals surface area contributed by atoms with Crippen LogP contribution < -0.4 is 0 Å². The van der Waals surface area contributed by atoms with Crippen molar-refractivity contribution >= 4 is 61.3 Å². The summed E-state index contributed by atoms with van der Waals surface area (Å²) in [7, 11) is 0. The molecule has 4 heavy (non-hydrogen) atoms. The first-order valence-corrected chi connectivity index (χ1v) is 0. The summed E-state index contributed by atoms with van der Waals surface area (Å²) < 4.78 is 0. The molecule has 20 valence electrons. The summed E-state index contributed by atoms with van der Waals surface area (Å²) in [4.78, 5) is 0. The fourth-order valence-corrected chi connectivity index (χ4v) is 0. The molecule has 0 bridgehead atoms. The Labute approximate surface area is 66.2 Å². The average molecular weight is 285 g/mol. The van der Waals surface area contributed by atoms with Gasteiger partial charge in [-0.15, -0.1) is 0 Å². The van der Waals surface area contributed by atoms with E-state index in [0.29, 0.717) is 0 Å². The molecule has 0 aliphatic heterocycles. The third-order valence-corrected chi connectivity index (χ3v) is 0. The van der Waals surface area contributed by atoms with Crippen molar-refractivity contribution < 1.29 is 5.48 Å². The van der Waals surface area contributed by atoms with Crippen molar-refractivity contribution in [1.82, 2.24) is 0 Å². The van der Waals surface area contributed by atoms with E-state index in [2.05, 4.69) is 0 Å². The molecule has 0 fully saturated rings. The van der Waals surface area contributed by atoms with Crippen LogP contribution in [0.5, 0.6) is 0 Å². The zero-order valence-corrected chi connectivity index (χ0v) is 8.34. The van der Waals surface area contributed by atoms with Crippen LogP contribution in [-0.4, -0.2) is 47.8 Å². The van der Waals surface area contributed by atoms with E-state index in [4.69, 9.17) is 0 Å². The van der Waals surface area contributed by atoms with Gasteiger partial charge in [0.15, 0.2) is 0 Å². The maximum atomic E-state index is 0. The smallest absolute Gasteiger partial charge is 2.00 e. The summed E-state index contributed by atoms with van der Waals surface area (Å²) in [6, 6.07) is 0. The molecule has 0 heterocycles. The molecule has 4 heteroatoms. The number of hydrogen-bond acceptors (Lipinski definition) is 0. The second kappa shape index (κ2) is 20.6. The van der Waals surface area contributed by atoms with E-state index in [1.165, 1.54) is 0 Å². The van der Waals surface area contributed by atoms with Crippen LogP contribution in [0.2, 0.25) is 0 Å². The Kier molecular flexibility index (Phi) is 201. The second-order valence-corrected chi connectivity index (χ2v) is 0. The molecule has 0 rings (SSSR count). The van der Waals surface area contributed by atoms with Crippen molar-refractivity contribution in [2.75, 3.05) is 0 Å². The summed E-state index contributed by atoms with van der Waals surface area (Å²) in [5.74, 6) is 0. The van der Waals surface area contributed by atoms with Gasteiger partial charge in [-0.1, -0.05) is 0 Å². The van der Waals surface area contributed by atoms with Gasteiger partial charge in [0.05, 0.1) is 0 Å². The molecule has 0 unspecified atom stereocenters. The molecular weight excluding hydrogens is 285 g/mol. The Morgan fingerprint density at radius 1 is 0.750 bits per heavy atom. The quantitative estimate of drug-likeness (QED) is 0.517. The van der Waals surface area contributed by atoms with Gasteiger partial charge in [0.2, 0.25) is 0 Å². The van der Waals surface area contributed by atoms with E-state index in [9.17, 15) is 0 Å². The average Bonchev–Trinajstić information content (AvgIpc) is 0. The minimum absolute atomic E-state index is 0. The summed E-state index contributed by atoms with van der Waals surface area (Å²) in [5, 5.41) is 0. The van der Waals surface area contributed by atoms with E-state index in [1.807, 2.05) is 0 Å². The molecule has 0 aromatic rings. The summed E-state index contributed by atoms with van der Waals surface area (Å²) in [5.41, 5.74) is 0. The number of rotatable bonds is 0. The van der Waals surface area contributed by atoms with Crippen molar-refractivity contribution in [1.29, 1.82) is 0 Å². The van der Waals surface area contributed by atoms with Crippen LogP contribution in [0.25, 0.3) is 0 Å². The molecule has 0 N–H and O–H groups in total. The normalized spacial score (nSPS) is 0. The number of hydrogen-bond donors (Lipinski definition) is 0. The predicted octanol–water partition coefficient (Wildman–Crippen LogP) is -0.883. The summed E-state index contributed by atoms with van der Waals surface area (Å²) in [6.45, 7) is 0. The Morgan fingerprint density at radius 2 is 0.750 bits per heavy atom. The van der Waals surface area contributed by atoms with Crippen molar-refractivity contribution in [3.8, 4) is 0 Å². The predicted molar refractivity (Wildman–Crippen MR) is 19.6 cm³/mol. The van der Waals surface area contributed by atoms with Gasteiger partial charge < -0.3 is 19.0 Å². The first kappa shape index (κ1) is 39.1. The van der Waals surface area contributed by atoms with Gasteiger partial charge in [-0.2, -0.15) is 0 Å². The van der Waals surface area contributed by atoms with E-state index in [1.54, 1.807) is 0 Å². The first-order valence-electron chi connectivity index (χ1n) is 0. The van der Waals surface area contributed by atoms with Gasteiger partial charge in [0.25, 0.3) is 0 Å². The molecule has 0 aliphatic rings. The molecule has 4 radical (unpaired) electrons. The Balaban J connectivity index is 0. The molecule has 0 aromatic heterocycles. The van der Waals surface area contributed by atoms with E-state index in [-0.39, 0.29) is 66.8 Å². The zero-order valence-electron chi connectivity index (χ0n) is 1.82. The first-order chi connectivity index (χ1) is 0. The Hall–Kier alpha value is 1.91. The standard InChI is InChI=1S/O.S.2Sn/q2*-2;2*+2. The molecule has 0 aromatic carbocycles. The van der Waals surface area contributed by atoms with Crippen LogP contribution in [0, 0.1) is 0 Å². The minimum atomic E-state index is 0. The molecule has 1 nitrogen and oxygen atoms in total. The van der Waals surface area contributed by atoms with E-state index >= 15 is 0 Å². The van der Waals surface area contributed by atoms with Crippen molar-refractivity contribution in [3.05, 3.63) is 0 Å². The van der Waals surface area contributed by atoms with Crippen LogP contribution in [0.15, 0.2) is 0 Å². The largest absolute Gasteiger partial charge is 2.00 e. The van der Waals surface area contributed by atoms with E-state index < -0.39 is 0 Å². The molecule has 0 amide bonds. The van der Waals surface area contributed by atoms with Crippen LogP contribution in [0.4, 0.5) is 0 Å². The molecular formula is OSSn2. The summed E-state index contributed by atoms with van der Waals surface area (Å²) in [6.07, 6.45) is 0. The van der Waals surface area contributed by atoms with Gasteiger partial charge in [-0.3, -0.25) is 0 Å². The minimum Gasteiger partial charge on any atom is -2.00 e. The van der Waals surface area contributed by atoms with Crippen LogP contribution in [0.1, 0.15) is 0 Å². The third kappa shape index (κ3) is 9.08. The van der Waals surface area contributed by atoms with Crippen LogP contribution >= 0.6 is 0 Å². The summed E-state index contributed by atoms with van der Waals surface area (Å²) >= 11 is 0. The van der Waals surface area contributed by atoms with Gasteiger partial charge in [-0.25, -0.2) is 0 Å². The Bertz CT molecular complexity index is 6.00. The maximum absolute atomic E-state index is 0. The van der Waals surface area contributed by atoms with Crippen molar-refractivity contribution in [3.63, 3.8) is 0 Å². The van der Waals surface area contributed by atoms with Gasteiger partial charge in [-0.05, 0) is 0 Å². The fourth-order valence-electron chi connectivity index (χ4n) is 0. The van der Waals surface area contributed by atoms with Gasteiger partial charge in [0.1, 0.15) is 0 Å². The maximum Gasteiger partial charge on any atom is 2.00 e. The van der Waals surface area contributed by atoms with Crippen molar-refractivity contribution in [2.24, 2.45) is 0 Å². The monoisotopic (exact) mass is 288 g/mol. The van der Waals surface area contributed by atoms with Crippen molar-refractivity contribution in [2.45, 2.75) is 0 Å².